The van der Waals surface area contributed by atoms with Gasteiger partial charge < -0.3 is 24.1 Å². The summed E-state index contributed by atoms with van der Waals surface area (Å²) in [5, 5.41) is 3.56. The molecule has 36 heavy (non-hydrogen) atoms. The zero-order chi connectivity index (χ0) is 25.4. The number of nitrogens with zero attached hydrogens (tertiary/aromatic N) is 4. The number of hydrogen-bond acceptors (Lipinski definition) is 7. The van der Waals surface area contributed by atoms with Gasteiger partial charge in [-0.25, -0.2) is 19.3 Å². The molecule has 2 unspecified atom stereocenters. The quantitative estimate of drug-likeness (QED) is 0.294. The lowest BCUT2D eigenvalue weighted by molar-refractivity contribution is -0.117. The zero-order valence-electron chi connectivity index (χ0n) is 21.1. The molecule has 2 atom stereocenters. The number of carbonyl (C=O) groups is 1. The Morgan fingerprint density at radius 2 is 1.97 bits per heavy atom. The highest BCUT2D eigenvalue weighted by molar-refractivity contribution is 6.76. The molecule has 11 heteroatoms. The molecule has 9 nitrogen and oxygen atoms in total. The van der Waals surface area contributed by atoms with Crippen LogP contribution in [0.15, 0.2) is 24.7 Å². The van der Waals surface area contributed by atoms with Crippen molar-refractivity contribution in [3.05, 3.63) is 24.7 Å². The minimum absolute atomic E-state index is 0.142. The number of methoxy groups -OCH3 is 1. The summed E-state index contributed by atoms with van der Waals surface area (Å²) < 4.78 is 32.9. The Morgan fingerprint density at radius 1 is 1.22 bits per heavy atom. The fraction of sp³-hybridized carbons (Fsp3) is 0.520. The van der Waals surface area contributed by atoms with Crippen molar-refractivity contribution < 1.29 is 23.4 Å². The summed E-state index contributed by atoms with van der Waals surface area (Å²) in [5.74, 6) is 0.285. The molecule has 3 heterocycles. The molecule has 2 saturated carbocycles. The van der Waals surface area contributed by atoms with E-state index in [2.05, 4.69) is 34.9 Å². The molecule has 2 aliphatic carbocycles. The van der Waals surface area contributed by atoms with Crippen LogP contribution in [0.2, 0.25) is 25.7 Å². The third-order valence-corrected chi connectivity index (χ3v) is 8.00. The van der Waals surface area contributed by atoms with Crippen LogP contribution < -0.4 is 14.8 Å². The lowest BCUT2D eigenvalue weighted by atomic mass is 10.1. The number of aromatic nitrogens is 4. The first-order valence-corrected chi connectivity index (χ1v) is 16.0. The van der Waals surface area contributed by atoms with Gasteiger partial charge in [0.05, 0.1) is 13.0 Å². The highest BCUT2D eigenvalue weighted by Crippen LogP contribution is 2.42. The van der Waals surface area contributed by atoms with E-state index in [-0.39, 0.29) is 25.2 Å². The molecule has 0 bridgehead atoms. The molecular weight excluding hydrogens is 481 g/mol. The van der Waals surface area contributed by atoms with Gasteiger partial charge in [0.25, 0.3) is 0 Å². The molecule has 1 N–H and O–H groups in total. The smallest absolute Gasteiger partial charge is 0.231 e. The maximum atomic E-state index is 13.4. The second-order valence-electron chi connectivity index (χ2n) is 10.7. The molecule has 0 aromatic carbocycles. The lowest BCUT2D eigenvalue weighted by Crippen LogP contribution is -2.22. The summed E-state index contributed by atoms with van der Waals surface area (Å²) in [6, 6.07) is 4.63. The Kier molecular flexibility index (Phi) is 6.69. The molecule has 3 aromatic heterocycles. The highest BCUT2D eigenvalue weighted by Gasteiger charge is 2.43. The van der Waals surface area contributed by atoms with Gasteiger partial charge in [0.15, 0.2) is 0 Å². The first kappa shape index (κ1) is 24.6. The van der Waals surface area contributed by atoms with Crippen LogP contribution in [-0.4, -0.2) is 59.5 Å². The molecule has 2 fully saturated rings. The van der Waals surface area contributed by atoms with Crippen LogP contribution in [-0.2, 0) is 16.3 Å². The fourth-order valence-corrected chi connectivity index (χ4v) is 4.66. The number of nitrogens with one attached hydrogen (secondary N) is 1. The second kappa shape index (κ2) is 9.77. The van der Waals surface area contributed by atoms with E-state index in [1.165, 1.54) is 6.33 Å². The number of amides is 1. The Morgan fingerprint density at radius 3 is 2.64 bits per heavy atom. The van der Waals surface area contributed by atoms with Gasteiger partial charge in [0.1, 0.15) is 42.4 Å². The summed E-state index contributed by atoms with van der Waals surface area (Å²) in [5.41, 5.74) is 2.06. The fourth-order valence-electron chi connectivity index (χ4n) is 3.90. The third-order valence-electron chi connectivity index (χ3n) is 6.29. The lowest BCUT2D eigenvalue weighted by Gasteiger charge is -2.15. The minimum atomic E-state index is -1.24. The number of pyridine rings is 1. The van der Waals surface area contributed by atoms with Gasteiger partial charge in [-0.2, -0.15) is 0 Å². The van der Waals surface area contributed by atoms with E-state index < -0.39 is 20.2 Å². The maximum absolute atomic E-state index is 13.4. The topological polar surface area (TPSA) is 100 Å². The highest BCUT2D eigenvalue weighted by atomic mass is 28.3. The predicted molar refractivity (Wildman–Crippen MR) is 137 cm³/mol. The summed E-state index contributed by atoms with van der Waals surface area (Å²) in [6.45, 7) is 7.85. The average Bonchev–Trinajstić information content (AvgIpc) is 3.75. The van der Waals surface area contributed by atoms with Crippen LogP contribution in [0.5, 0.6) is 11.8 Å². The Hall–Kier alpha value is -3.05. The summed E-state index contributed by atoms with van der Waals surface area (Å²) in [7, 11) is 0.321. The van der Waals surface area contributed by atoms with Crippen molar-refractivity contribution in [3.8, 4) is 22.9 Å². The molecule has 2 aliphatic rings. The van der Waals surface area contributed by atoms with Crippen molar-refractivity contribution in [3.63, 3.8) is 0 Å². The normalized spacial score (nSPS) is 19.4. The summed E-state index contributed by atoms with van der Waals surface area (Å²) >= 11 is 0. The molecule has 0 aliphatic heterocycles. The van der Waals surface area contributed by atoms with Crippen LogP contribution in [0.25, 0.3) is 22.2 Å². The largest absolute Gasteiger partial charge is 0.480 e. The maximum Gasteiger partial charge on any atom is 0.231 e. The molecule has 5 rings (SSSR count). The number of halogens is 1. The van der Waals surface area contributed by atoms with Crippen molar-refractivity contribution in [1.82, 2.24) is 19.5 Å². The average molecular weight is 514 g/mol. The Bertz CT molecular complexity index is 1270. The number of fused-ring (bicyclic) bond motifs is 1. The number of anilines is 1. The van der Waals surface area contributed by atoms with Gasteiger partial charge >= 0.3 is 0 Å². The van der Waals surface area contributed by atoms with Crippen LogP contribution in [0.1, 0.15) is 19.3 Å². The SMILES string of the molecule is COc1ncnc(OC2CC2)c1-c1cn(COCC[Si](C)(C)C)c2nc(NC(=O)C3CC3F)ccc12. The van der Waals surface area contributed by atoms with Crippen LogP contribution in [0.3, 0.4) is 0 Å². The molecular formula is C25H32FN5O4Si. The van der Waals surface area contributed by atoms with Crippen LogP contribution >= 0.6 is 0 Å². The molecule has 192 valence electrons. The molecule has 0 radical (unpaired) electrons. The van der Waals surface area contributed by atoms with Crippen molar-refractivity contribution in [1.29, 1.82) is 0 Å². The van der Waals surface area contributed by atoms with Gasteiger partial charge in [-0.15, -0.1) is 0 Å². The van der Waals surface area contributed by atoms with Gasteiger partial charge in [-0.05, 0) is 37.4 Å². The number of carbonyl (C=O) groups excluding carboxylic acids is 1. The zero-order valence-corrected chi connectivity index (χ0v) is 22.1. The number of hydrogen-bond donors (Lipinski definition) is 1. The first-order valence-electron chi connectivity index (χ1n) is 12.3. The van der Waals surface area contributed by atoms with E-state index in [4.69, 9.17) is 19.2 Å². The predicted octanol–water partition coefficient (Wildman–Crippen LogP) is 4.65. The second-order valence-corrected chi connectivity index (χ2v) is 16.3. The summed E-state index contributed by atoms with van der Waals surface area (Å²) in [6.07, 6.45) is 4.67. The van der Waals surface area contributed by atoms with Crippen LogP contribution in [0, 0.1) is 5.92 Å². The van der Waals surface area contributed by atoms with Crippen molar-refractivity contribution in [2.75, 3.05) is 19.0 Å². The minimum Gasteiger partial charge on any atom is -0.480 e. The number of ether oxygens (including phenoxy) is 3. The molecule has 0 saturated heterocycles. The van der Waals surface area contributed by atoms with E-state index in [1.807, 2.05) is 16.8 Å². The van der Waals surface area contributed by atoms with E-state index in [9.17, 15) is 9.18 Å². The van der Waals surface area contributed by atoms with Crippen molar-refractivity contribution in [2.24, 2.45) is 5.92 Å². The van der Waals surface area contributed by atoms with Gasteiger partial charge in [0.2, 0.25) is 17.7 Å². The third kappa shape index (κ3) is 5.51. The van der Waals surface area contributed by atoms with Gasteiger partial charge in [-0.3, -0.25) is 4.79 Å². The monoisotopic (exact) mass is 513 g/mol. The van der Waals surface area contributed by atoms with E-state index in [0.717, 1.165) is 29.8 Å². The van der Waals surface area contributed by atoms with Gasteiger partial charge in [0, 0.05) is 31.8 Å². The number of rotatable bonds is 11. The van der Waals surface area contributed by atoms with E-state index in [1.54, 1.807) is 13.2 Å². The standard InChI is InChI=1S/C25H32FN5O4Si/c1-33-24-21(25(28-13-27-24)35-15-5-6-15)18-12-31(14-34-9-10-36(2,3)4)22-16(18)7-8-20(29-22)30-23(32)17-11-19(17)26/h7-8,12-13,15,17,19H,5-6,9-11,14H2,1-4H3,(H,29,30,32). The molecule has 3 aromatic rings. The Balaban J connectivity index is 1.52. The van der Waals surface area contributed by atoms with Crippen LogP contribution in [0.4, 0.5) is 10.2 Å². The van der Waals surface area contributed by atoms with Gasteiger partial charge in [-0.1, -0.05) is 19.6 Å². The molecule has 0 spiro atoms. The van der Waals surface area contributed by atoms with Crippen molar-refractivity contribution in [2.45, 2.75) is 64.0 Å². The van der Waals surface area contributed by atoms with Crippen molar-refractivity contribution >= 4 is 30.8 Å². The summed E-state index contributed by atoms with van der Waals surface area (Å²) in [4.78, 5) is 25.7. The number of alkyl halides is 1. The molecule has 1 amide bonds. The van der Waals surface area contributed by atoms with E-state index in [0.29, 0.717) is 35.4 Å². The van der Waals surface area contributed by atoms with E-state index >= 15 is 0 Å². The Labute approximate surface area is 210 Å². The first-order chi connectivity index (χ1) is 17.2.